The van der Waals surface area contributed by atoms with Gasteiger partial charge in [0.2, 0.25) is 0 Å². The number of H-pyrrole nitrogens is 1. The number of aryl methyl sites for hydroxylation is 1. The zero-order valence-corrected chi connectivity index (χ0v) is 18.2. The summed E-state index contributed by atoms with van der Waals surface area (Å²) in [5.74, 6) is 0. The van der Waals surface area contributed by atoms with E-state index in [-0.39, 0.29) is 5.56 Å². The van der Waals surface area contributed by atoms with Crippen LogP contribution < -0.4 is 10.9 Å². The standard InChI is InChI=1S/C25H24N4OS/c1-18-7-5-11-21-13-22(24(30)28-23(18)21)17-29(16-20-10-6-12-26-14-20)25(31)27-15-19-8-3-2-4-9-19/h2-14H,15-17H2,1H3,(H,27,31)(H,28,30). The van der Waals surface area contributed by atoms with Gasteiger partial charge in [0.05, 0.1) is 12.1 Å². The van der Waals surface area contributed by atoms with Crippen LogP contribution in [0.2, 0.25) is 0 Å². The summed E-state index contributed by atoms with van der Waals surface area (Å²) in [6.07, 6.45) is 3.57. The van der Waals surface area contributed by atoms with Crippen molar-refractivity contribution in [1.82, 2.24) is 20.2 Å². The highest BCUT2D eigenvalue weighted by Gasteiger charge is 2.14. The molecular formula is C25H24N4OS. The Morgan fingerprint density at radius 1 is 1.03 bits per heavy atom. The van der Waals surface area contributed by atoms with Gasteiger partial charge in [0, 0.05) is 31.0 Å². The topological polar surface area (TPSA) is 61.0 Å². The molecule has 6 heteroatoms. The first-order valence-electron chi connectivity index (χ1n) is 10.2. The maximum atomic E-state index is 12.8. The van der Waals surface area contributed by atoms with Crippen molar-refractivity contribution in [1.29, 1.82) is 0 Å². The highest BCUT2D eigenvalue weighted by atomic mass is 32.1. The Labute approximate surface area is 186 Å². The third-order valence-corrected chi connectivity index (χ3v) is 5.60. The Balaban J connectivity index is 1.59. The molecule has 0 aliphatic rings. The lowest BCUT2D eigenvalue weighted by molar-refractivity contribution is 0.396. The van der Waals surface area contributed by atoms with E-state index >= 15 is 0 Å². The predicted molar refractivity (Wildman–Crippen MR) is 129 cm³/mol. The van der Waals surface area contributed by atoms with Gasteiger partial charge < -0.3 is 15.2 Å². The molecule has 2 heterocycles. The lowest BCUT2D eigenvalue weighted by atomic mass is 10.1. The summed E-state index contributed by atoms with van der Waals surface area (Å²) in [7, 11) is 0. The molecule has 0 aliphatic carbocycles. The van der Waals surface area contributed by atoms with E-state index in [4.69, 9.17) is 12.2 Å². The van der Waals surface area contributed by atoms with E-state index in [9.17, 15) is 4.79 Å². The van der Waals surface area contributed by atoms with Crippen molar-refractivity contribution in [2.45, 2.75) is 26.6 Å². The van der Waals surface area contributed by atoms with Crippen LogP contribution in [0.1, 0.15) is 22.3 Å². The lowest BCUT2D eigenvalue weighted by Gasteiger charge is -2.26. The van der Waals surface area contributed by atoms with Gasteiger partial charge in [-0.15, -0.1) is 0 Å². The number of aromatic amines is 1. The predicted octanol–water partition coefficient (Wildman–Crippen LogP) is 4.31. The van der Waals surface area contributed by atoms with E-state index in [2.05, 4.69) is 27.4 Å². The van der Waals surface area contributed by atoms with Gasteiger partial charge in [-0.25, -0.2) is 0 Å². The van der Waals surface area contributed by atoms with Crippen LogP contribution in [0.15, 0.2) is 83.9 Å². The second kappa shape index (κ2) is 9.53. The number of aromatic nitrogens is 2. The van der Waals surface area contributed by atoms with Crippen LogP contribution in [0.4, 0.5) is 0 Å². The van der Waals surface area contributed by atoms with Crippen LogP contribution in [0.5, 0.6) is 0 Å². The van der Waals surface area contributed by atoms with E-state index in [0.717, 1.165) is 27.6 Å². The van der Waals surface area contributed by atoms with Crippen molar-refractivity contribution < 1.29 is 0 Å². The zero-order chi connectivity index (χ0) is 21.6. The second-order valence-electron chi connectivity index (χ2n) is 7.52. The minimum Gasteiger partial charge on any atom is -0.358 e. The van der Waals surface area contributed by atoms with Crippen LogP contribution in [-0.4, -0.2) is 20.0 Å². The number of thiocarbonyl (C=S) groups is 1. The molecule has 0 amide bonds. The number of hydrogen-bond acceptors (Lipinski definition) is 3. The minimum absolute atomic E-state index is 0.0937. The number of benzene rings is 2. The first kappa shape index (κ1) is 20.8. The third kappa shape index (κ3) is 5.16. The van der Waals surface area contributed by atoms with Gasteiger partial charge in [0.1, 0.15) is 0 Å². The minimum atomic E-state index is -0.0937. The van der Waals surface area contributed by atoms with Crippen molar-refractivity contribution in [3.8, 4) is 0 Å². The van der Waals surface area contributed by atoms with Crippen LogP contribution in [0.25, 0.3) is 10.9 Å². The number of hydrogen-bond donors (Lipinski definition) is 2. The van der Waals surface area contributed by atoms with E-state index in [1.807, 2.05) is 72.6 Å². The summed E-state index contributed by atoms with van der Waals surface area (Å²) < 4.78 is 0. The fourth-order valence-corrected chi connectivity index (χ4v) is 3.75. The van der Waals surface area contributed by atoms with Crippen molar-refractivity contribution >= 4 is 28.2 Å². The van der Waals surface area contributed by atoms with Gasteiger partial charge in [0.15, 0.2) is 5.11 Å². The molecule has 0 atom stereocenters. The number of nitrogens with one attached hydrogen (secondary N) is 2. The largest absolute Gasteiger partial charge is 0.358 e. The molecule has 0 unspecified atom stereocenters. The molecule has 0 fully saturated rings. The smallest absolute Gasteiger partial charge is 0.253 e. The number of pyridine rings is 2. The first-order chi connectivity index (χ1) is 15.1. The van der Waals surface area contributed by atoms with Crippen molar-refractivity contribution in [3.63, 3.8) is 0 Å². The van der Waals surface area contributed by atoms with Crippen molar-refractivity contribution in [3.05, 3.63) is 112 Å². The van der Waals surface area contributed by atoms with Gasteiger partial charge in [-0.1, -0.05) is 54.6 Å². The Morgan fingerprint density at radius 3 is 2.61 bits per heavy atom. The van der Waals surface area contributed by atoms with E-state index in [0.29, 0.717) is 30.3 Å². The molecule has 0 spiro atoms. The van der Waals surface area contributed by atoms with E-state index < -0.39 is 0 Å². The van der Waals surface area contributed by atoms with Gasteiger partial charge in [-0.2, -0.15) is 0 Å². The molecule has 0 saturated heterocycles. The van der Waals surface area contributed by atoms with Gasteiger partial charge in [-0.3, -0.25) is 9.78 Å². The highest BCUT2D eigenvalue weighted by Crippen LogP contribution is 2.16. The van der Waals surface area contributed by atoms with Gasteiger partial charge in [-0.05, 0) is 53.4 Å². The molecule has 4 aromatic rings. The number of rotatable bonds is 6. The van der Waals surface area contributed by atoms with Gasteiger partial charge in [0.25, 0.3) is 5.56 Å². The Kier molecular flexibility index (Phi) is 6.38. The third-order valence-electron chi connectivity index (χ3n) is 5.20. The molecule has 0 bridgehead atoms. The molecule has 31 heavy (non-hydrogen) atoms. The highest BCUT2D eigenvalue weighted by molar-refractivity contribution is 7.80. The average Bonchev–Trinajstić information content (AvgIpc) is 2.79. The molecule has 2 aromatic heterocycles. The fraction of sp³-hybridized carbons (Fsp3) is 0.160. The van der Waals surface area contributed by atoms with Crippen molar-refractivity contribution in [2.75, 3.05) is 0 Å². The lowest BCUT2D eigenvalue weighted by Crippen LogP contribution is -2.39. The molecular weight excluding hydrogens is 404 g/mol. The maximum absolute atomic E-state index is 12.8. The Bertz CT molecular complexity index is 1240. The summed E-state index contributed by atoms with van der Waals surface area (Å²) >= 11 is 5.71. The summed E-state index contributed by atoms with van der Waals surface area (Å²) in [6.45, 7) is 3.57. The monoisotopic (exact) mass is 428 g/mol. The zero-order valence-electron chi connectivity index (χ0n) is 17.3. The summed E-state index contributed by atoms with van der Waals surface area (Å²) in [5, 5.41) is 4.94. The molecule has 0 saturated carbocycles. The van der Waals surface area contributed by atoms with Crippen LogP contribution in [0, 0.1) is 6.92 Å². The Hall–Kier alpha value is -3.51. The summed E-state index contributed by atoms with van der Waals surface area (Å²) in [6, 6.07) is 22.0. The number of para-hydroxylation sites is 1. The van der Waals surface area contributed by atoms with Crippen molar-refractivity contribution in [2.24, 2.45) is 0 Å². The Morgan fingerprint density at radius 2 is 1.84 bits per heavy atom. The average molecular weight is 429 g/mol. The molecule has 2 N–H and O–H groups in total. The molecule has 2 aromatic carbocycles. The van der Waals surface area contributed by atoms with Crippen LogP contribution >= 0.6 is 12.2 Å². The molecule has 0 aliphatic heterocycles. The van der Waals surface area contributed by atoms with E-state index in [1.165, 1.54) is 0 Å². The van der Waals surface area contributed by atoms with E-state index in [1.54, 1.807) is 6.20 Å². The fourth-order valence-electron chi connectivity index (χ4n) is 3.55. The molecule has 0 radical (unpaired) electrons. The maximum Gasteiger partial charge on any atom is 0.253 e. The number of nitrogens with zero attached hydrogens (tertiary/aromatic N) is 2. The summed E-state index contributed by atoms with van der Waals surface area (Å²) in [4.78, 5) is 22.1. The van der Waals surface area contributed by atoms with Crippen LogP contribution in [-0.2, 0) is 19.6 Å². The molecule has 156 valence electrons. The SMILES string of the molecule is Cc1cccc2cc(CN(Cc3cccnc3)C(=S)NCc3ccccc3)c(=O)[nH]c12. The first-order valence-corrected chi connectivity index (χ1v) is 10.6. The molecule has 4 rings (SSSR count). The van der Waals surface area contributed by atoms with Gasteiger partial charge >= 0.3 is 0 Å². The number of fused-ring (bicyclic) bond motifs is 1. The second-order valence-corrected chi connectivity index (χ2v) is 7.91. The normalized spacial score (nSPS) is 10.7. The summed E-state index contributed by atoms with van der Waals surface area (Å²) in [5.41, 5.74) is 4.67. The quantitative estimate of drug-likeness (QED) is 0.448. The molecule has 5 nitrogen and oxygen atoms in total. The van der Waals surface area contributed by atoms with Crippen LogP contribution in [0.3, 0.4) is 0 Å².